The average molecular weight is 745 g/mol. The van der Waals surface area contributed by atoms with Crippen molar-refractivity contribution in [3.05, 3.63) is 72.1 Å². The minimum Gasteiger partial charge on any atom is -0.465 e. The zero-order chi connectivity index (χ0) is 38.8. The summed E-state index contributed by atoms with van der Waals surface area (Å²) in [5.41, 5.74) is 2.50. The van der Waals surface area contributed by atoms with E-state index in [0.717, 1.165) is 37.3 Å². The number of carboxylic acid groups (broad SMARTS) is 1. The van der Waals surface area contributed by atoms with Gasteiger partial charge in [-0.15, -0.1) is 0 Å². The number of likely N-dealkylation sites (tertiary alicyclic amines) is 2. The van der Waals surface area contributed by atoms with E-state index < -0.39 is 29.8 Å². The standard InChI is InChI=1S/C40H50F2N8O4/c1-7-48(8-2)24(5)38(51)49-17-9-11-33(49)36-43-21-31(45-36)27-15-13-25(19-29(27)41)26-14-16-28(30(42)20-26)32-22-44-37(46-32)34-12-10-18-50(34)39(52)35(23(3)4)47(6)40(53)54/h13-16,19-24,33-35H,7-12,17-18H2,1-6H3,(H,43,45)(H,44,46)(H,53,54)/t24-,33+,34+,35+/m1/s1. The smallest absolute Gasteiger partial charge is 0.407 e. The first-order valence-electron chi connectivity index (χ1n) is 18.8. The van der Waals surface area contributed by atoms with E-state index in [1.54, 1.807) is 35.4 Å². The number of hydrogen-bond donors (Lipinski definition) is 3. The summed E-state index contributed by atoms with van der Waals surface area (Å²) in [6.07, 6.45) is 4.94. The van der Waals surface area contributed by atoms with Gasteiger partial charge in [-0.05, 0) is 87.0 Å². The number of nitrogens with zero attached hydrogens (tertiary/aromatic N) is 6. The second-order valence-electron chi connectivity index (χ2n) is 14.6. The lowest BCUT2D eigenvalue weighted by atomic mass is 10.00. The molecular weight excluding hydrogens is 694 g/mol. The van der Waals surface area contributed by atoms with E-state index in [9.17, 15) is 19.5 Å². The molecule has 2 aliphatic heterocycles. The van der Waals surface area contributed by atoms with Gasteiger partial charge in [-0.1, -0.05) is 39.8 Å². The predicted molar refractivity (Wildman–Crippen MR) is 201 cm³/mol. The van der Waals surface area contributed by atoms with Crippen LogP contribution < -0.4 is 0 Å². The molecule has 12 nitrogen and oxygen atoms in total. The molecule has 2 aliphatic rings. The number of aromatic nitrogens is 4. The minimum atomic E-state index is -1.18. The molecule has 0 unspecified atom stereocenters. The number of likely N-dealkylation sites (N-methyl/N-ethyl adjacent to an activating group) is 2. The summed E-state index contributed by atoms with van der Waals surface area (Å²) in [6.45, 7) is 12.3. The molecule has 288 valence electrons. The molecule has 0 saturated carbocycles. The molecular formula is C40H50F2N8O4. The van der Waals surface area contributed by atoms with Gasteiger partial charge < -0.3 is 24.9 Å². The maximum Gasteiger partial charge on any atom is 0.407 e. The lowest BCUT2D eigenvalue weighted by molar-refractivity contribution is -0.139. The maximum absolute atomic E-state index is 15.7. The third-order valence-corrected chi connectivity index (χ3v) is 11.1. The minimum absolute atomic E-state index is 0.0656. The molecule has 3 N–H and O–H groups in total. The number of H-pyrrole nitrogens is 2. The quantitative estimate of drug-likeness (QED) is 0.141. The van der Waals surface area contributed by atoms with Crippen LogP contribution in [0.3, 0.4) is 0 Å². The summed E-state index contributed by atoms with van der Waals surface area (Å²) in [7, 11) is 1.40. The third kappa shape index (κ3) is 7.48. The van der Waals surface area contributed by atoms with Crippen LogP contribution in [-0.2, 0) is 9.59 Å². The number of benzene rings is 2. The average Bonchev–Trinajstić information content (AvgIpc) is 3.98. The number of amides is 3. The maximum atomic E-state index is 15.7. The van der Waals surface area contributed by atoms with E-state index in [4.69, 9.17) is 0 Å². The molecule has 2 fully saturated rings. The topological polar surface area (TPSA) is 142 Å². The van der Waals surface area contributed by atoms with E-state index in [1.165, 1.54) is 25.4 Å². The number of halogens is 2. The Labute approximate surface area is 314 Å². The zero-order valence-corrected chi connectivity index (χ0v) is 31.8. The number of nitrogens with one attached hydrogen (secondary N) is 2. The molecule has 6 rings (SSSR count). The molecule has 0 radical (unpaired) electrons. The highest BCUT2D eigenvalue weighted by Gasteiger charge is 2.40. The highest BCUT2D eigenvalue weighted by Crippen LogP contribution is 2.36. The van der Waals surface area contributed by atoms with Crippen LogP contribution in [0.25, 0.3) is 33.6 Å². The summed E-state index contributed by atoms with van der Waals surface area (Å²) >= 11 is 0. The van der Waals surface area contributed by atoms with Gasteiger partial charge in [0.2, 0.25) is 11.8 Å². The molecule has 2 aromatic carbocycles. The van der Waals surface area contributed by atoms with Crippen LogP contribution in [-0.4, -0.2) is 108 Å². The molecule has 0 spiro atoms. The second kappa shape index (κ2) is 16.1. The fourth-order valence-corrected chi connectivity index (χ4v) is 8.10. The largest absolute Gasteiger partial charge is 0.465 e. The number of hydrogen-bond acceptors (Lipinski definition) is 6. The Balaban J connectivity index is 1.16. The first-order valence-corrected chi connectivity index (χ1v) is 18.8. The third-order valence-electron chi connectivity index (χ3n) is 11.1. The Morgan fingerprint density at radius 2 is 1.28 bits per heavy atom. The van der Waals surface area contributed by atoms with Gasteiger partial charge in [-0.25, -0.2) is 23.5 Å². The fraction of sp³-hybridized carbons (Fsp3) is 0.475. The van der Waals surface area contributed by atoms with Crippen LogP contribution in [0.15, 0.2) is 48.8 Å². The van der Waals surface area contributed by atoms with Crippen LogP contribution in [0, 0.1) is 17.6 Å². The van der Waals surface area contributed by atoms with Gasteiger partial charge in [-0.2, -0.15) is 0 Å². The number of rotatable bonds is 12. The van der Waals surface area contributed by atoms with Gasteiger partial charge in [-0.3, -0.25) is 19.4 Å². The highest BCUT2D eigenvalue weighted by molar-refractivity contribution is 5.86. The molecule has 4 aromatic rings. The van der Waals surface area contributed by atoms with Gasteiger partial charge in [0.25, 0.3) is 0 Å². The lowest BCUT2D eigenvalue weighted by Gasteiger charge is -2.33. The first kappa shape index (κ1) is 38.6. The summed E-state index contributed by atoms with van der Waals surface area (Å²) in [6, 6.07) is 7.73. The SMILES string of the molecule is CCN(CC)[C@H](C)C(=O)N1CCC[C@H]1c1ncc(-c2ccc(-c3ccc(-c4cnc([C@@H]5CCCN5C(=O)[C@H](C(C)C)N(C)C(=O)O)[nH]4)c(F)c3)cc2F)[nH]1. The molecule has 0 aliphatic carbocycles. The van der Waals surface area contributed by atoms with E-state index in [1.807, 2.05) is 39.5 Å². The summed E-state index contributed by atoms with van der Waals surface area (Å²) in [5.74, 6) is -0.353. The van der Waals surface area contributed by atoms with E-state index in [-0.39, 0.29) is 35.4 Å². The van der Waals surface area contributed by atoms with Crippen LogP contribution >= 0.6 is 0 Å². The van der Waals surface area contributed by atoms with Gasteiger partial charge in [0, 0.05) is 31.3 Å². The van der Waals surface area contributed by atoms with Crippen molar-refractivity contribution >= 4 is 17.9 Å². The molecule has 3 amide bonds. The molecule has 14 heteroatoms. The predicted octanol–water partition coefficient (Wildman–Crippen LogP) is 7.10. The Hall–Kier alpha value is -5.11. The van der Waals surface area contributed by atoms with E-state index in [2.05, 4.69) is 24.8 Å². The van der Waals surface area contributed by atoms with Crippen molar-refractivity contribution in [3.63, 3.8) is 0 Å². The number of aromatic amines is 2. The number of imidazole rings is 2. The molecule has 0 bridgehead atoms. The second-order valence-corrected chi connectivity index (χ2v) is 14.6. The Bertz CT molecular complexity index is 1990. The highest BCUT2D eigenvalue weighted by atomic mass is 19.1. The van der Waals surface area contributed by atoms with Gasteiger partial charge in [0.05, 0.1) is 41.9 Å². The Morgan fingerprint density at radius 1 is 0.815 bits per heavy atom. The normalized spacial score (nSPS) is 18.5. The van der Waals surface area contributed by atoms with Gasteiger partial charge in [0.15, 0.2) is 0 Å². The Morgan fingerprint density at radius 3 is 1.69 bits per heavy atom. The van der Waals surface area contributed by atoms with Crippen molar-refractivity contribution < 1.29 is 28.3 Å². The van der Waals surface area contributed by atoms with Gasteiger partial charge >= 0.3 is 6.09 Å². The van der Waals surface area contributed by atoms with Crippen molar-refractivity contribution in [2.24, 2.45) is 5.92 Å². The van der Waals surface area contributed by atoms with Crippen molar-refractivity contribution in [1.82, 2.24) is 39.5 Å². The monoisotopic (exact) mass is 744 g/mol. The zero-order valence-electron chi connectivity index (χ0n) is 31.8. The molecule has 54 heavy (non-hydrogen) atoms. The van der Waals surface area contributed by atoms with Crippen molar-refractivity contribution in [1.29, 1.82) is 0 Å². The summed E-state index contributed by atoms with van der Waals surface area (Å²) in [4.78, 5) is 60.9. The molecule has 2 aromatic heterocycles. The number of carbonyl (C=O) groups excluding carboxylic acids is 2. The summed E-state index contributed by atoms with van der Waals surface area (Å²) in [5, 5.41) is 9.56. The Kier molecular flexibility index (Phi) is 11.5. The van der Waals surface area contributed by atoms with Gasteiger partial charge in [0.1, 0.15) is 29.3 Å². The number of carbonyl (C=O) groups is 3. The lowest BCUT2D eigenvalue weighted by Crippen LogP contribution is -2.51. The summed E-state index contributed by atoms with van der Waals surface area (Å²) < 4.78 is 31.3. The molecule has 2 saturated heterocycles. The van der Waals surface area contributed by atoms with Crippen molar-refractivity contribution in [2.45, 2.75) is 84.5 Å². The first-order chi connectivity index (χ1) is 25.8. The van der Waals surface area contributed by atoms with Crippen molar-refractivity contribution in [2.75, 3.05) is 33.2 Å². The molecule has 4 heterocycles. The van der Waals surface area contributed by atoms with Crippen LogP contribution in [0.1, 0.15) is 84.0 Å². The van der Waals surface area contributed by atoms with E-state index in [0.29, 0.717) is 59.2 Å². The molecule has 4 atom stereocenters. The van der Waals surface area contributed by atoms with Crippen LogP contribution in [0.5, 0.6) is 0 Å². The van der Waals surface area contributed by atoms with Crippen LogP contribution in [0.4, 0.5) is 13.6 Å². The van der Waals surface area contributed by atoms with E-state index >= 15 is 8.78 Å². The van der Waals surface area contributed by atoms with Crippen molar-refractivity contribution in [3.8, 4) is 33.6 Å². The fourth-order valence-electron chi connectivity index (χ4n) is 8.10. The van der Waals surface area contributed by atoms with Crippen LogP contribution in [0.2, 0.25) is 0 Å².